The molecule has 0 saturated heterocycles. The highest BCUT2D eigenvalue weighted by molar-refractivity contribution is 6.20. The van der Waals surface area contributed by atoms with Gasteiger partial charge in [-0.05, 0) is 29.0 Å². The zero-order chi connectivity index (χ0) is 29.3. The second kappa shape index (κ2) is 7.97. The van der Waals surface area contributed by atoms with Crippen molar-refractivity contribution in [1.29, 1.82) is 0 Å². The summed E-state index contributed by atoms with van der Waals surface area (Å²) in [5.41, 5.74) is -2.85. The smallest absolute Gasteiger partial charge is 0.339 e. The zero-order valence-corrected chi connectivity index (χ0v) is 21.5. The van der Waals surface area contributed by atoms with E-state index in [2.05, 4.69) is 0 Å². The molecule has 0 amide bonds. The molecule has 0 spiro atoms. The molecule has 11 nitrogen and oxygen atoms in total. The van der Waals surface area contributed by atoms with Gasteiger partial charge in [0, 0.05) is 47.9 Å². The molecule has 6 N–H and O–H groups in total. The van der Waals surface area contributed by atoms with Crippen LogP contribution in [0.15, 0.2) is 39.5 Å². The number of carbonyl (C=O) groups excluding carboxylic acids is 3. The number of phenols is 4. The van der Waals surface area contributed by atoms with E-state index in [0.29, 0.717) is 0 Å². The van der Waals surface area contributed by atoms with Crippen LogP contribution in [0.25, 0.3) is 0 Å². The lowest BCUT2D eigenvalue weighted by molar-refractivity contribution is -0.139. The fraction of sp³-hybridized carbons (Fsp3) is 0.333. The third kappa shape index (κ3) is 3.01. The maximum absolute atomic E-state index is 14.6. The zero-order valence-electron chi connectivity index (χ0n) is 21.5. The molecule has 11 heteroatoms. The molecule has 210 valence electrons. The molecule has 0 radical (unpaired) electrons. The average Bonchev–Trinajstić information content (AvgIpc) is 2.84. The van der Waals surface area contributed by atoms with Crippen molar-refractivity contribution in [1.82, 2.24) is 0 Å². The van der Waals surface area contributed by atoms with Gasteiger partial charge in [-0.25, -0.2) is 4.79 Å². The summed E-state index contributed by atoms with van der Waals surface area (Å²) in [7, 11) is 0. The summed E-state index contributed by atoms with van der Waals surface area (Å²) in [6, 6.07) is 5.04. The normalized spacial score (nSPS) is 31.0. The maximum atomic E-state index is 14.6. The summed E-state index contributed by atoms with van der Waals surface area (Å²) >= 11 is 0. The third-order valence-corrected chi connectivity index (χ3v) is 9.67. The average molecular weight is 561 g/mol. The Morgan fingerprint density at radius 3 is 2.17 bits per heavy atom. The lowest BCUT2D eigenvalue weighted by Crippen LogP contribution is -2.64. The minimum absolute atomic E-state index is 0.0857. The fourth-order valence-corrected chi connectivity index (χ4v) is 8.49. The Kier molecular flexibility index (Phi) is 4.93. The summed E-state index contributed by atoms with van der Waals surface area (Å²) in [6.07, 6.45) is -1.90. The van der Waals surface area contributed by atoms with Gasteiger partial charge in [0.2, 0.25) is 0 Å². The number of Topliss-reactive ketones (excluding diaryl/α,β-unsaturated/α-hetero) is 3. The molecule has 4 aliphatic carbocycles. The van der Waals surface area contributed by atoms with Crippen LogP contribution >= 0.6 is 0 Å². The first-order chi connectivity index (χ1) is 19.4. The van der Waals surface area contributed by atoms with Crippen LogP contribution in [0.4, 0.5) is 0 Å². The highest BCUT2D eigenvalue weighted by atomic mass is 16.4. The van der Waals surface area contributed by atoms with Gasteiger partial charge in [0.25, 0.3) is 0 Å². The van der Waals surface area contributed by atoms with Crippen LogP contribution in [0, 0.1) is 17.3 Å². The van der Waals surface area contributed by atoms with E-state index in [0.717, 1.165) is 30.3 Å². The number of hydrogen-bond acceptors (Lipinski definition) is 11. The molecular formula is C30H24O11. The molecule has 1 aromatic heterocycles. The Balaban J connectivity index is 1.67. The summed E-state index contributed by atoms with van der Waals surface area (Å²) in [5, 5.41) is 64.9. The number of rotatable bonds is 2. The van der Waals surface area contributed by atoms with E-state index in [-0.39, 0.29) is 45.7 Å². The van der Waals surface area contributed by atoms with Gasteiger partial charge in [-0.1, -0.05) is 6.92 Å². The Hall–Kier alpha value is -4.64. The molecule has 0 bridgehead atoms. The van der Waals surface area contributed by atoms with Crippen LogP contribution < -0.4 is 5.63 Å². The summed E-state index contributed by atoms with van der Waals surface area (Å²) in [6.45, 7) is 1.62. The molecule has 4 aliphatic rings. The van der Waals surface area contributed by atoms with Gasteiger partial charge in [0.1, 0.15) is 40.3 Å². The molecule has 7 rings (SSSR count). The summed E-state index contributed by atoms with van der Waals surface area (Å²) in [5.74, 6) is -10.4. The van der Waals surface area contributed by atoms with Gasteiger partial charge in [0.15, 0.2) is 11.6 Å². The quantitative estimate of drug-likeness (QED) is 0.251. The van der Waals surface area contributed by atoms with Crippen LogP contribution in [0.5, 0.6) is 28.7 Å². The predicted molar refractivity (Wildman–Crippen MR) is 137 cm³/mol. The molecule has 3 aromatic rings. The predicted octanol–water partition coefficient (Wildman–Crippen LogP) is 2.34. The first-order valence-corrected chi connectivity index (χ1v) is 13.1. The second-order valence-electron chi connectivity index (χ2n) is 11.6. The van der Waals surface area contributed by atoms with Gasteiger partial charge < -0.3 is 35.1 Å². The molecule has 0 aliphatic heterocycles. The van der Waals surface area contributed by atoms with Crippen molar-refractivity contribution in [2.75, 3.05) is 0 Å². The summed E-state index contributed by atoms with van der Waals surface area (Å²) in [4.78, 5) is 55.0. The Morgan fingerprint density at radius 1 is 0.805 bits per heavy atom. The van der Waals surface area contributed by atoms with Crippen LogP contribution in [0.3, 0.4) is 0 Å². The second-order valence-corrected chi connectivity index (χ2v) is 11.6. The van der Waals surface area contributed by atoms with Crippen molar-refractivity contribution in [2.24, 2.45) is 17.3 Å². The van der Waals surface area contributed by atoms with Crippen LogP contribution in [0.2, 0.25) is 0 Å². The van der Waals surface area contributed by atoms with E-state index in [1.165, 1.54) is 0 Å². The van der Waals surface area contributed by atoms with Crippen molar-refractivity contribution in [3.8, 4) is 28.7 Å². The van der Waals surface area contributed by atoms with E-state index in [4.69, 9.17) is 4.42 Å². The van der Waals surface area contributed by atoms with E-state index in [1.807, 2.05) is 0 Å². The Bertz CT molecular complexity index is 1800. The van der Waals surface area contributed by atoms with Crippen molar-refractivity contribution in [3.63, 3.8) is 0 Å². The van der Waals surface area contributed by atoms with Gasteiger partial charge in [-0.2, -0.15) is 0 Å². The van der Waals surface area contributed by atoms with Crippen LogP contribution in [-0.4, -0.2) is 54.1 Å². The van der Waals surface area contributed by atoms with Gasteiger partial charge in [-0.3, -0.25) is 14.4 Å². The molecule has 1 saturated carbocycles. The van der Waals surface area contributed by atoms with E-state index in [1.54, 1.807) is 6.92 Å². The van der Waals surface area contributed by atoms with Crippen molar-refractivity contribution >= 4 is 17.3 Å². The van der Waals surface area contributed by atoms with E-state index in [9.17, 15) is 49.8 Å². The lowest BCUT2D eigenvalue weighted by atomic mass is 9.38. The first kappa shape index (κ1) is 25.3. The van der Waals surface area contributed by atoms with Crippen molar-refractivity contribution < 1.29 is 49.4 Å². The van der Waals surface area contributed by atoms with Gasteiger partial charge in [0.05, 0.1) is 35.1 Å². The van der Waals surface area contributed by atoms with E-state index >= 15 is 0 Å². The minimum Gasteiger partial charge on any atom is -0.508 e. The molecule has 7 atom stereocenters. The van der Waals surface area contributed by atoms with Crippen molar-refractivity contribution in [2.45, 2.75) is 43.6 Å². The molecule has 2 aromatic carbocycles. The Morgan fingerprint density at radius 2 is 1.46 bits per heavy atom. The number of hydrogen-bond donors (Lipinski definition) is 6. The lowest BCUT2D eigenvalue weighted by Gasteiger charge is -2.62. The number of aromatic hydroxyl groups is 5. The highest BCUT2D eigenvalue weighted by Crippen LogP contribution is 2.71. The van der Waals surface area contributed by atoms with E-state index < -0.39 is 93.5 Å². The molecular weight excluding hydrogens is 536 g/mol. The minimum atomic E-state index is -1.77. The largest absolute Gasteiger partial charge is 0.508 e. The number of ketones is 3. The number of aliphatic hydroxyl groups excluding tert-OH is 1. The van der Waals surface area contributed by atoms with Crippen molar-refractivity contribution in [3.05, 3.63) is 74.3 Å². The highest BCUT2D eigenvalue weighted by Gasteiger charge is 2.71. The van der Waals surface area contributed by atoms with Gasteiger partial charge >= 0.3 is 5.63 Å². The first-order valence-electron chi connectivity index (χ1n) is 13.1. The number of phenolic OH excluding ortho intramolecular Hbond substituents is 4. The monoisotopic (exact) mass is 560 g/mol. The number of carbonyl (C=O) groups is 3. The molecule has 1 fully saturated rings. The molecule has 41 heavy (non-hydrogen) atoms. The topological polar surface area (TPSA) is 203 Å². The number of fused-ring (bicyclic) bond motifs is 2. The molecule has 7 unspecified atom stereocenters. The summed E-state index contributed by atoms with van der Waals surface area (Å²) < 4.78 is 5.37. The maximum Gasteiger partial charge on any atom is 0.339 e. The van der Waals surface area contributed by atoms with Gasteiger partial charge in [-0.15, -0.1) is 0 Å². The number of aliphatic hydroxyl groups is 1. The Labute approximate surface area is 230 Å². The third-order valence-electron chi connectivity index (χ3n) is 9.67. The van der Waals surface area contributed by atoms with Crippen LogP contribution in [0.1, 0.15) is 74.3 Å². The van der Waals surface area contributed by atoms with Crippen LogP contribution in [-0.2, 0) is 11.2 Å². The standard InChI is InChI=1S/C30H24O11/c1-9-20-16(34)7-17(35)22-23(20)24-14(27(9)38)6-18(36)26-28(39)21-13(3-11(32)4-15(21)33)25(29(22)40)30(24,26)8-12-2-10(31)5-19(37)41-12/h2-5,7,9,14,24-27,31-35,38H,6,8H2,1H3. The SMILES string of the molecule is CC1c2c(O)cc(O)c3c2C2C(CC(=O)C4C(=O)c5c(O)cc(O)cc5C(C3=O)C42Cc2cc(O)cc(=O)o2)C1O. The molecule has 1 heterocycles. The fourth-order valence-electron chi connectivity index (χ4n) is 8.49. The number of benzene rings is 2.